The molecule has 0 heterocycles. The van der Waals surface area contributed by atoms with E-state index in [4.69, 9.17) is 5.73 Å². The molecule has 12 heavy (non-hydrogen) atoms. The molecule has 0 bridgehead atoms. The summed E-state index contributed by atoms with van der Waals surface area (Å²) < 4.78 is 3.87. The third kappa shape index (κ3) is 1.84. The van der Waals surface area contributed by atoms with Crippen molar-refractivity contribution in [1.82, 2.24) is 0 Å². The van der Waals surface area contributed by atoms with Gasteiger partial charge in [-0.15, -0.1) is 0 Å². The van der Waals surface area contributed by atoms with Crippen LogP contribution >= 0.6 is 67.8 Å². The van der Waals surface area contributed by atoms with E-state index < -0.39 is 0 Å². The number of nitrogen functional groups attached to an aromatic ring is 1. The van der Waals surface area contributed by atoms with E-state index in [0.717, 1.165) is 5.69 Å². The highest BCUT2D eigenvalue weighted by Crippen LogP contribution is 2.32. The molecule has 2 N–H and O–H groups in total. The van der Waals surface area contributed by atoms with Gasteiger partial charge in [0.1, 0.15) is 0 Å². The van der Waals surface area contributed by atoms with Crippen molar-refractivity contribution in [2.45, 2.75) is 13.8 Å². The minimum absolute atomic E-state index is 0.934. The van der Waals surface area contributed by atoms with Crippen molar-refractivity contribution in [3.05, 3.63) is 21.8 Å². The third-order valence-corrected chi connectivity index (χ3v) is 7.69. The van der Waals surface area contributed by atoms with Crippen LogP contribution in [0.4, 0.5) is 5.69 Å². The van der Waals surface area contributed by atoms with Gasteiger partial charge in [-0.05, 0) is 92.7 Å². The summed E-state index contributed by atoms with van der Waals surface area (Å²) in [4.78, 5) is 0. The molecule has 0 aliphatic carbocycles. The summed E-state index contributed by atoms with van der Waals surface area (Å²) in [7, 11) is 0. The number of rotatable bonds is 0. The Morgan fingerprint density at radius 1 is 0.833 bits per heavy atom. The average molecular weight is 499 g/mol. The van der Waals surface area contributed by atoms with E-state index in [2.05, 4.69) is 81.6 Å². The van der Waals surface area contributed by atoms with Gasteiger partial charge in [0.05, 0.1) is 0 Å². The molecule has 1 nitrogen and oxygen atoms in total. The maximum Gasteiger partial charge on any atom is 0.0404 e. The summed E-state index contributed by atoms with van der Waals surface area (Å²) in [6.45, 7) is 4.14. The molecule has 0 aliphatic heterocycles. The minimum Gasteiger partial charge on any atom is -0.398 e. The van der Waals surface area contributed by atoms with E-state index in [9.17, 15) is 0 Å². The number of anilines is 1. The van der Waals surface area contributed by atoms with Gasteiger partial charge in [0.2, 0.25) is 0 Å². The maximum absolute atomic E-state index is 5.94. The molecule has 0 amide bonds. The van der Waals surface area contributed by atoms with Crippen LogP contribution in [0.5, 0.6) is 0 Å². The second-order valence-electron chi connectivity index (χ2n) is 2.61. The zero-order valence-electron chi connectivity index (χ0n) is 6.71. The van der Waals surface area contributed by atoms with E-state index in [-0.39, 0.29) is 0 Å². The van der Waals surface area contributed by atoms with Crippen LogP contribution in [0.2, 0.25) is 0 Å². The van der Waals surface area contributed by atoms with Crippen LogP contribution in [0, 0.1) is 24.6 Å². The van der Waals surface area contributed by atoms with Crippen LogP contribution < -0.4 is 5.73 Å². The summed E-state index contributed by atoms with van der Waals surface area (Å²) in [5.74, 6) is 0. The molecule has 0 spiro atoms. The van der Waals surface area contributed by atoms with Gasteiger partial charge in [-0.2, -0.15) is 0 Å². The standard InChI is InChI=1S/C8H8I3N/c1-3-5(9)7(11)6(10)4(2)8(3)12/h12H2,1-2H3. The molecule has 0 radical (unpaired) electrons. The summed E-state index contributed by atoms with van der Waals surface area (Å²) in [6, 6.07) is 0. The number of halogens is 3. The monoisotopic (exact) mass is 499 g/mol. The van der Waals surface area contributed by atoms with Gasteiger partial charge >= 0.3 is 0 Å². The average Bonchev–Trinajstić information content (AvgIpc) is 2.08. The molecule has 0 saturated carbocycles. The van der Waals surface area contributed by atoms with Gasteiger partial charge in [-0.25, -0.2) is 0 Å². The SMILES string of the molecule is Cc1c(N)c(C)c(I)c(I)c1I. The quantitative estimate of drug-likeness (QED) is 0.329. The predicted molar refractivity (Wildman–Crippen MR) is 78.5 cm³/mol. The number of nitrogens with two attached hydrogens (primary N) is 1. The zero-order valence-corrected chi connectivity index (χ0v) is 13.2. The molecule has 0 saturated heterocycles. The summed E-state index contributed by atoms with van der Waals surface area (Å²) in [5, 5.41) is 0. The molecule has 1 aromatic rings. The van der Waals surface area contributed by atoms with Crippen molar-refractivity contribution in [2.24, 2.45) is 0 Å². The fourth-order valence-corrected chi connectivity index (χ4v) is 3.39. The van der Waals surface area contributed by atoms with Crippen molar-refractivity contribution in [3.8, 4) is 0 Å². The Morgan fingerprint density at radius 2 is 1.17 bits per heavy atom. The minimum atomic E-state index is 0.934. The zero-order chi connectivity index (χ0) is 9.46. The van der Waals surface area contributed by atoms with Gasteiger partial charge in [0.15, 0.2) is 0 Å². The highest BCUT2D eigenvalue weighted by Gasteiger charge is 2.12. The second-order valence-corrected chi connectivity index (χ2v) is 5.84. The lowest BCUT2D eigenvalue weighted by Gasteiger charge is -2.11. The van der Waals surface area contributed by atoms with E-state index in [0.29, 0.717) is 0 Å². The lowest BCUT2D eigenvalue weighted by Crippen LogP contribution is -2.01. The largest absolute Gasteiger partial charge is 0.398 e. The van der Waals surface area contributed by atoms with Crippen molar-refractivity contribution in [1.29, 1.82) is 0 Å². The highest BCUT2D eigenvalue weighted by molar-refractivity contribution is 14.1. The Balaban J connectivity index is 3.60. The van der Waals surface area contributed by atoms with E-state index in [1.165, 1.54) is 21.8 Å². The number of hydrogen-bond acceptors (Lipinski definition) is 1. The van der Waals surface area contributed by atoms with Crippen LogP contribution in [0.1, 0.15) is 11.1 Å². The Kier molecular flexibility index (Phi) is 3.91. The first kappa shape index (κ1) is 11.3. The molecular weight excluding hydrogens is 491 g/mol. The number of benzene rings is 1. The Labute approximate surface area is 113 Å². The van der Waals surface area contributed by atoms with Crippen LogP contribution in [-0.4, -0.2) is 0 Å². The third-order valence-electron chi connectivity index (χ3n) is 1.85. The predicted octanol–water partition coefficient (Wildman–Crippen LogP) is 3.70. The molecule has 0 aromatic heterocycles. The summed E-state index contributed by atoms with van der Waals surface area (Å²) >= 11 is 7.06. The molecule has 0 aliphatic rings. The molecule has 1 rings (SSSR count). The molecule has 66 valence electrons. The summed E-state index contributed by atoms with van der Waals surface area (Å²) in [6.07, 6.45) is 0. The first-order valence-electron chi connectivity index (χ1n) is 3.36. The second kappa shape index (κ2) is 4.16. The Morgan fingerprint density at radius 3 is 1.50 bits per heavy atom. The molecule has 0 atom stereocenters. The van der Waals surface area contributed by atoms with Gasteiger partial charge in [-0.3, -0.25) is 0 Å². The van der Waals surface area contributed by atoms with Crippen LogP contribution in [0.25, 0.3) is 0 Å². The lowest BCUT2D eigenvalue weighted by atomic mass is 10.1. The highest BCUT2D eigenvalue weighted by atomic mass is 127. The van der Waals surface area contributed by atoms with E-state index in [1.807, 2.05) is 0 Å². The fraction of sp³-hybridized carbons (Fsp3) is 0.250. The van der Waals surface area contributed by atoms with Crippen molar-refractivity contribution in [2.75, 3.05) is 5.73 Å². The molecular formula is C8H8I3N. The Hall–Kier alpha value is 1.21. The molecule has 4 heteroatoms. The lowest BCUT2D eigenvalue weighted by molar-refractivity contribution is 1.31. The number of hydrogen-bond donors (Lipinski definition) is 1. The van der Waals surface area contributed by atoms with Crippen LogP contribution in [0.3, 0.4) is 0 Å². The molecule has 0 fully saturated rings. The van der Waals surface area contributed by atoms with Gasteiger partial charge < -0.3 is 5.73 Å². The summed E-state index contributed by atoms with van der Waals surface area (Å²) in [5.41, 5.74) is 9.29. The fourth-order valence-electron chi connectivity index (χ4n) is 0.943. The first-order valence-corrected chi connectivity index (χ1v) is 6.59. The van der Waals surface area contributed by atoms with Crippen LogP contribution in [0.15, 0.2) is 0 Å². The van der Waals surface area contributed by atoms with Crippen molar-refractivity contribution >= 4 is 73.5 Å². The topological polar surface area (TPSA) is 26.0 Å². The maximum atomic E-state index is 5.94. The van der Waals surface area contributed by atoms with Crippen LogP contribution in [-0.2, 0) is 0 Å². The van der Waals surface area contributed by atoms with Crippen molar-refractivity contribution in [3.63, 3.8) is 0 Å². The Bertz CT molecular complexity index is 229. The molecule has 1 aromatic carbocycles. The van der Waals surface area contributed by atoms with E-state index in [1.54, 1.807) is 0 Å². The van der Waals surface area contributed by atoms with Gasteiger partial charge in [0.25, 0.3) is 0 Å². The normalized spacial score (nSPS) is 10.4. The van der Waals surface area contributed by atoms with Gasteiger partial charge in [-0.1, -0.05) is 0 Å². The van der Waals surface area contributed by atoms with E-state index >= 15 is 0 Å². The van der Waals surface area contributed by atoms with Crippen molar-refractivity contribution < 1.29 is 0 Å². The smallest absolute Gasteiger partial charge is 0.0404 e. The van der Waals surface area contributed by atoms with Gasteiger partial charge in [0, 0.05) is 16.4 Å². The molecule has 0 unspecified atom stereocenters. The first-order chi connectivity index (χ1) is 5.46.